The van der Waals surface area contributed by atoms with Crippen LogP contribution >= 0.6 is 0 Å². The Kier molecular flexibility index (Phi) is 9.66. The molecule has 0 spiro atoms. The number of nitrogens with zero attached hydrogens (tertiary/aromatic N) is 1. The molecule has 0 saturated carbocycles. The summed E-state index contributed by atoms with van der Waals surface area (Å²) in [5.74, 6) is 0.125. The van der Waals surface area contributed by atoms with Crippen molar-refractivity contribution in [2.45, 2.75) is 20.8 Å². The molecule has 2 nitrogen and oxygen atoms in total. The first-order valence-corrected chi connectivity index (χ1v) is 3.34. The van der Waals surface area contributed by atoms with E-state index < -0.39 is 0 Å². The number of hydrogen-bond donors (Lipinski definition) is 0. The maximum atomic E-state index is 10.8. The molecule has 54 valence electrons. The predicted octanol–water partition coefficient (Wildman–Crippen LogP) is -2.45. The van der Waals surface area contributed by atoms with Crippen LogP contribution in [0.1, 0.15) is 20.8 Å². The minimum atomic E-state index is 0. The quantitative estimate of drug-likeness (QED) is 0.331. The first kappa shape index (κ1) is 13.0. The van der Waals surface area contributed by atoms with Gasteiger partial charge in [0.15, 0.2) is 0 Å². The van der Waals surface area contributed by atoms with E-state index in [4.69, 9.17) is 0 Å². The van der Waals surface area contributed by atoms with Crippen molar-refractivity contribution in [1.29, 1.82) is 0 Å². The van der Waals surface area contributed by atoms with Gasteiger partial charge in [-0.05, 0) is 26.7 Å². The van der Waals surface area contributed by atoms with Gasteiger partial charge in [0.1, 0.15) is 0 Å². The summed E-state index contributed by atoms with van der Waals surface area (Å²) >= 11 is 0. The van der Waals surface area contributed by atoms with Gasteiger partial charge in [0, 0.05) is 13.1 Å². The third kappa shape index (κ3) is 4.20. The first-order chi connectivity index (χ1) is 4.26. The van der Waals surface area contributed by atoms with E-state index in [1.54, 1.807) is 17.9 Å². The van der Waals surface area contributed by atoms with Gasteiger partial charge in [0.2, 0.25) is 0 Å². The molecule has 0 aromatic carbocycles. The standard InChI is InChI=1S/C7H15NO.Na/c1-4-7(9)8(5-2)6-3;/h4,9H,5-6H2,1-3H3;/q;+1/p-1/b7-4+;. The van der Waals surface area contributed by atoms with E-state index in [1.165, 1.54) is 0 Å². The Morgan fingerprint density at radius 1 is 1.40 bits per heavy atom. The van der Waals surface area contributed by atoms with E-state index in [9.17, 15) is 5.11 Å². The van der Waals surface area contributed by atoms with Crippen LogP contribution in [0.15, 0.2) is 12.0 Å². The average molecular weight is 151 g/mol. The van der Waals surface area contributed by atoms with Crippen molar-refractivity contribution in [2.75, 3.05) is 13.1 Å². The fraction of sp³-hybridized carbons (Fsp3) is 0.714. The summed E-state index contributed by atoms with van der Waals surface area (Å²) in [4.78, 5) is 1.78. The molecule has 10 heavy (non-hydrogen) atoms. The summed E-state index contributed by atoms with van der Waals surface area (Å²) in [6.07, 6.45) is 1.59. The Bertz CT molecular complexity index is 99.8. The van der Waals surface area contributed by atoms with Crippen molar-refractivity contribution in [2.24, 2.45) is 0 Å². The fourth-order valence-electron chi connectivity index (χ4n) is 0.718. The van der Waals surface area contributed by atoms with Gasteiger partial charge >= 0.3 is 29.6 Å². The van der Waals surface area contributed by atoms with Crippen LogP contribution in [-0.2, 0) is 0 Å². The van der Waals surface area contributed by atoms with Gasteiger partial charge in [-0.2, -0.15) is 0 Å². The van der Waals surface area contributed by atoms with E-state index in [-0.39, 0.29) is 35.4 Å². The van der Waals surface area contributed by atoms with E-state index in [2.05, 4.69) is 0 Å². The summed E-state index contributed by atoms with van der Waals surface area (Å²) in [7, 11) is 0. The normalized spacial score (nSPS) is 10.5. The summed E-state index contributed by atoms with van der Waals surface area (Å²) in [6, 6.07) is 0. The van der Waals surface area contributed by atoms with Crippen LogP contribution in [0, 0.1) is 0 Å². The molecule has 0 aromatic heterocycles. The zero-order valence-electron chi connectivity index (χ0n) is 7.35. The molecule has 0 amide bonds. The van der Waals surface area contributed by atoms with Gasteiger partial charge in [-0.25, -0.2) is 0 Å². The molecule has 0 fully saturated rings. The summed E-state index contributed by atoms with van der Waals surface area (Å²) in [5, 5.41) is 10.8. The van der Waals surface area contributed by atoms with Gasteiger partial charge in [-0.1, -0.05) is 6.08 Å². The van der Waals surface area contributed by atoms with E-state index in [0.717, 1.165) is 13.1 Å². The van der Waals surface area contributed by atoms with E-state index in [0.29, 0.717) is 0 Å². The van der Waals surface area contributed by atoms with Crippen LogP contribution in [0.5, 0.6) is 0 Å². The molecule has 0 unspecified atom stereocenters. The van der Waals surface area contributed by atoms with Crippen molar-refractivity contribution in [1.82, 2.24) is 4.90 Å². The van der Waals surface area contributed by atoms with Gasteiger partial charge in [0.05, 0.1) is 0 Å². The van der Waals surface area contributed by atoms with Gasteiger partial charge in [-0.15, -0.1) is 0 Å². The Balaban J connectivity index is 0. The van der Waals surface area contributed by atoms with Gasteiger partial charge in [-0.3, -0.25) is 0 Å². The van der Waals surface area contributed by atoms with Crippen LogP contribution in [0.2, 0.25) is 0 Å². The molecule has 0 aliphatic rings. The molecule has 0 atom stereocenters. The first-order valence-electron chi connectivity index (χ1n) is 3.34. The number of hydrogen-bond acceptors (Lipinski definition) is 2. The van der Waals surface area contributed by atoms with Crippen molar-refractivity contribution in [3.8, 4) is 0 Å². The number of allylic oxidation sites excluding steroid dienone is 1. The SMILES string of the molecule is C/C=C(/[O-])N(CC)CC.[Na+]. The molecule has 0 heterocycles. The Morgan fingerprint density at radius 3 is 1.90 bits per heavy atom. The predicted molar refractivity (Wildman–Crippen MR) is 36.7 cm³/mol. The molecule has 0 rings (SSSR count). The molecule has 0 N–H and O–H groups in total. The van der Waals surface area contributed by atoms with Crippen LogP contribution in [0.4, 0.5) is 0 Å². The molecule has 0 saturated heterocycles. The number of rotatable bonds is 3. The van der Waals surface area contributed by atoms with Gasteiger partial charge < -0.3 is 10.0 Å². The van der Waals surface area contributed by atoms with E-state index in [1.807, 2.05) is 13.8 Å². The zero-order chi connectivity index (χ0) is 7.28. The van der Waals surface area contributed by atoms with Gasteiger partial charge in [0.25, 0.3) is 0 Å². The molecule has 3 heteroatoms. The third-order valence-corrected chi connectivity index (χ3v) is 1.32. The minimum absolute atomic E-state index is 0. The minimum Gasteiger partial charge on any atom is -0.861 e. The van der Waals surface area contributed by atoms with Crippen molar-refractivity contribution >= 4 is 0 Å². The summed E-state index contributed by atoms with van der Waals surface area (Å²) < 4.78 is 0. The second kappa shape index (κ2) is 7.45. The second-order valence-corrected chi connectivity index (χ2v) is 1.80. The molecule has 0 radical (unpaired) electrons. The molecule has 0 bridgehead atoms. The Hall–Kier alpha value is 0.340. The van der Waals surface area contributed by atoms with Crippen molar-refractivity contribution < 1.29 is 34.7 Å². The van der Waals surface area contributed by atoms with E-state index >= 15 is 0 Å². The van der Waals surface area contributed by atoms with Crippen LogP contribution < -0.4 is 34.7 Å². The molecule has 0 aliphatic carbocycles. The monoisotopic (exact) mass is 151 g/mol. The van der Waals surface area contributed by atoms with Crippen LogP contribution in [-0.4, -0.2) is 18.0 Å². The average Bonchev–Trinajstić information content (AvgIpc) is 1.90. The third-order valence-electron chi connectivity index (χ3n) is 1.32. The second-order valence-electron chi connectivity index (χ2n) is 1.80. The molecule has 0 aromatic rings. The van der Waals surface area contributed by atoms with Crippen LogP contribution in [0.3, 0.4) is 0 Å². The summed E-state index contributed by atoms with van der Waals surface area (Å²) in [6.45, 7) is 7.33. The van der Waals surface area contributed by atoms with Crippen LogP contribution in [0.25, 0.3) is 0 Å². The molecule has 0 aliphatic heterocycles. The summed E-state index contributed by atoms with van der Waals surface area (Å²) in [5.41, 5.74) is 0. The Labute approximate surface area is 85.2 Å². The maximum absolute atomic E-state index is 10.8. The van der Waals surface area contributed by atoms with Crippen molar-refractivity contribution in [3.63, 3.8) is 0 Å². The smallest absolute Gasteiger partial charge is 0.861 e. The fourth-order valence-corrected chi connectivity index (χ4v) is 0.718. The molecular weight excluding hydrogens is 137 g/mol. The topological polar surface area (TPSA) is 26.3 Å². The maximum Gasteiger partial charge on any atom is 1.00 e. The molecular formula is C7H14NNaO. The van der Waals surface area contributed by atoms with Crippen molar-refractivity contribution in [3.05, 3.63) is 12.0 Å². The Morgan fingerprint density at radius 2 is 1.80 bits per heavy atom. The largest absolute Gasteiger partial charge is 1.00 e. The zero-order valence-corrected chi connectivity index (χ0v) is 9.35.